The second kappa shape index (κ2) is 6.45. The van der Waals surface area contributed by atoms with Gasteiger partial charge in [-0.25, -0.2) is 0 Å². The molecule has 5 nitrogen and oxygen atoms in total. The van der Waals surface area contributed by atoms with Crippen LogP contribution in [-0.4, -0.2) is 48.3 Å². The number of benzene rings is 1. The standard InChI is InChI=1S/C16H24N2O3/c1-12-5-6-14(21-3)13(9-12)17-15(19)10-18-8-4-7-16(2,20)11-18/h5-6,9,20H,4,7-8,10-11H2,1-3H3,(H,17,19). The van der Waals surface area contributed by atoms with Crippen molar-refractivity contribution in [3.63, 3.8) is 0 Å². The number of nitrogens with zero attached hydrogens (tertiary/aromatic N) is 1. The number of anilines is 1. The van der Waals surface area contributed by atoms with E-state index in [0.717, 1.165) is 24.9 Å². The van der Waals surface area contributed by atoms with E-state index in [1.54, 1.807) is 7.11 Å². The Hall–Kier alpha value is -1.59. The molecular weight excluding hydrogens is 268 g/mol. The van der Waals surface area contributed by atoms with Crippen LogP contribution in [-0.2, 0) is 4.79 Å². The Morgan fingerprint density at radius 2 is 2.29 bits per heavy atom. The lowest BCUT2D eigenvalue weighted by Gasteiger charge is -2.36. The number of carbonyl (C=O) groups excluding carboxylic acids is 1. The predicted octanol–water partition coefficient (Wildman–Crippen LogP) is 1.79. The van der Waals surface area contributed by atoms with Gasteiger partial charge >= 0.3 is 0 Å². The first kappa shape index (κ1) is 15.8. The highest BCUT2D eigenvalue weighted by Crippen LogP contribution is 2.25. The van der Waals surface area contributed by atoms with Gasteiger partial charge in [0.15, 0.2) is 0 Å². The Labute approximate surface area is 125 Å². The Morgan fingerprint density at radius 1 is 1.52 bits per heavy atom. The van der Waals surface area contributed by atoms with Crippen LogP contribution in [0.15, 0.2) is 18.2 Å². The van der Waals surface area contributed by atoms with Crippen molar-refractivity contribution in [3.05, 3.63) is 23.8 Å². The molecule has 1 aliphatic heterocycles. The topological polar surface area (TPSA) is 61.8 Å². The third-order valence-electron chi connectivity index (χ3n) is 3.75. The van der Waals surface area contributed by atoms with Gasteiger partial charge in [0, 0.05) is 6.54 Å². The van der Waals surface area contributed by atoms with Crippen molar-refractivity contribution in [2.24, 2.45) is 0 Å². The number of nitrogens with one attached hydrogen (secondary N) is 1. The van der Waals surface area contributed by atoms with E-state index in [2.05, 4.69) is 5.32 Å². The third-order valence-corrected chi connectivity index (χ3v) is 3.75. The van der Waals surface area contributed by atoms with Gasteiger partial charge in [-0.3, -0.25) is 9.69 Å². The number of rotatable bonds is 4. The molecule has 21 heavy (non-hydrogen) atoms. The Bertz CT molecular complexity index is 514. The van der Waals surface area contributed by atoms with Crippen molar-refractivity contribution >= 4 is 11.6 Å². The lowest BCUT2D eigenvalue weighted by Crippen LogP contribution is -2.48. The molecule has 2 N–H and O–H groups in total. The zero-order valence-corrected chi connectivity index (χ0v) is 13.0. The van der Waals surface area contributed by atoms with Gasteiger partial charge in [-0.15, -0.1) is 0 Å². The van der Waals surface area contributed by atoms with Crippen molar-refractivity contribution in [1.82, 2.24) is 4.90 Å². The van der Waals surface area contributed by atoms with Crippen LogP contribution in [0.5, 0.6) is 5.75 Å². The van der Waals surface area contributed by atoms with Crippen molar-refractivity contribution < 1.29 is 14.6 Å². The maximum absolute atomic E-state index is 12.2. The van der Waals surface area contributed by atoms with E-state index >= 15 is 0 Å². The summed E-state index contributed by atoms with van der Waals surface area (Å²) in [5.41, 5.74) is 1.05. The molecule has 1 aromatic rings. The van der Waals surface area contributed by atoms with Crippen molar-refractivity contribution in [2.45, 2.75) is 32.3 Å². The summed E-state index contributed by atoms with van der Waals surface area (Å²) in [6.07, 6.45) is 1.70. The monoisotopic (exact) mass is 292 g/mol. The molecule has 0 saturated carbocycles. The summed E-state index contributed by atoms with van der Waals surface area (Å²) in [7, 11) is 1.59. The minimum atomic E-state index is -0.695. The van der Waals surface area contributed by atoms with Gasteiger partial charge in [-0.1, -0.05) is 6.07 Å². The van der Waals surface area contributed by atoms with Gasteiger partial charge in [0.05, 0.1) is 24.9 Å². The average Bonchev–Trinajstić information content (AvgIpc) is 2.37. The first-order chi connectivity index (χ1) is 9.89. The van der Waals surface area contributed by atoms with Crippen LogP contribution < -0.4 is 10.1 Å². The van der Waals surface area contributed by atoms with Crippen molar-refractivity contribution in [3.8, 4) is 5.75 Å². The van der Waals surface area contributed by atoms with Gasteiger partial charge in [0.1, 0.15) is 5.75 Å². The minimum absolute atomic E-state index is 0.0865. The molecule has 1 aromatic carbocycles. The second-order valence-corrected chi connectivity index (χ2v) is 6.06. The normalized spacial score (nSPS) is 22.9. The smallest absolute Gasteiger partial charge is 0.238 e. The number of hydrogen-bond donors (Lipinski definition) is 2. The minimum Gasteiger partial charge on any atom is -0.495 e. The highest BCUT2D eigenvalue weighted by Gasteiger charge is 2.29. The van der Waals surface area contributed by atoms with Crippen LogP contribution in [0.3, 0.4) is 0 Å². The summed E-state index contributed by atoms with van der Waals surface area (Å²) >= 11 is 0. The Balaban J connectivity index is 1.97. The maximum atomic E-state index is 12.2. The molecule has 0 radical (unpaired) electrons. The molecule has 1 heterocycles. The molecule has 1 saturated heterocycles. The number of β-amino-alcohol motifs (C(OH)–C–C–N with tert-alkyl or cyclic N) is 1. The molecule has 5 heteroatoms. The first-order valence-electron chi connectivity index (χ1n) is 7.29. The number of aliphatic hydroxyl groups is 1. The highest BCUT2D eigenvalue weighted by atomic mass is 16.5. The molecule has 1 atom stereocenters. The van der Waals surface area contributed by atoms with E-state index in [4.69, 9.17) is 4.74 Å². The SMILES string of the molecule is COc1ccc(C)cc1NC(=O)CN1CCCC(C)(O)C1. The highest BCUT2D eigenvalue weighted by molar-refractivity contribution is 5.93. The third kappa shape index (κ3) is 4.44. The van der Waals surface area contributed by atoms with Crippen molar-refractivity contribution in [2.75, 3.05) is 32.1 Å². The van der Waals surface area contributed by atoms with Gasteiger partial charge in [0.25, 0.3) is 0 Å². The number of likely N-dealkylation sites (tertiary alicyclic amines) is 1. The van der Waals surface area contributed by atoms with Crippen LogP contribution >= 0.6 is 0 Å². The number of hydrogen-bond acceptors (Lipinski definition) is 4. The van der Waals surface area contributed by atoms with E-state index in [1.807, 2.05) is 36.9 Å². The quantitative estimate of drug-likeness (QED) is 0.888. The van der Waals surface area contributed by atoms with E-state index in [0.29, 0.717) is 18.0 Å². The molecule has 0 aromatic heterocycles. The molecule has 1 aliphatic rings. The van der Waals surface area contributed by atoms with E-state index < -0.39 is 5.60 Å². The molecule has 116 valence electrons. The number of amides is 1. The summed E-state index contributed by atoms with van der Waals surface area (Å²) in [5, 5.41) is 13.0. The summed E-state index contributed by atoms with van der Waals surface area (Å²) < 4.78 is 5.26. The number of aryl methyl sites for hydroxylation is 1. The molecule has 1 fully saturated rings. The molecular formula is C16H24N2O3. The van der Waals surface area contributed by atoms with Gasteiger partial charge in [0.2, 0.25) is 5.91 Å². The van der Waals surface area contributed by atoms with Gasteiger partial charge in [-0.05, 0) is 50.9 Å². The van der Waals surface area contributed by atoms with E-state index in [-0.39, 0.29) is 12.5 Å². The predicted molar refractivity (Wildman–Crippen MR) is 82.7 cm³/mol. The lowest BCUT2D eigenvalue weighted by molar-refractivity contribution is -0.118. The zero-order chi connectivity index (χ0) is 15.5. The molecule has 0 aliphatic carbocycles. The molecule has 1 unspecified atom stereocenters. The molecule has 1 amide bonds. The van der Waals surface area contributed by atoms with Gasteiger partial charge < -0.3 is 15.2 Å². The zero-order valence-electron chi connectivity index (χ0n) is 13.0. The second-order valence-electron chi connectivity index (χ2n) is 6.06. The fraction of sp³-hybridized carbons (Fsp3) is 0.562. The summed E-state index contributed by atoms with van der Waals surface area (Å²) in [6, 6.07) is 5.68. The summed E-state index contributed by atoms with van der Waals surface area (Å²) in [4.78, 5) is 14.2. The van der Waals surface area contributed by atoms with Crippen LogP contribution in [0.4, 0.5) is 5.69 Å². The number of methoxy groups -OCH3 is 1. The Morgan fingerprint density at radius 3 is 2.95 bits per heavy atom. The van der Waals surface area contributed by atoms with Crippen LogP contribution in [0.2, 0.25) is 0 Å². The van der Waals surface area contributed by atoms with Crippen LogP contribution in [0.25, 0.3) is 0 Å². The lowest BCUT2D eigenvalue weighted by atomic mass is 9.95. The average molecular weight is 292 g/mol. The first-order valence-corrected chi connectivity index (χ1v) is 7.29. The number of ether oxygens (including phenoxy) is 1. The van der Waals surface area contributed by atoms with Gasteiger partial charge in [-0.2, -0.15) is 0 Å². The summed E-state index contributed by atoms with van der Waals surface area (Å²) in [6.45, 7) is 5.45. The molecule has 2 rings (SSSR count). The fourth-order valence-corrected chi connectivity index (χ4v) is 2.77. The van der Waals surface area contributed by atoms with Crippen LogP contribution in [0.1, 0.15) is 25.3 Å². The molecule has 0 spiro atoms. The maximum Gasteiger partial charge on any atom is 0.238 e. The number of piperidine rings is 1. The largest absolute Gasteiger partial charge is 0.495 e. The molecule has 0 bridgehead atoms. The Kier molecular flexibility index (Phi) is 4.85. The fourth-order valence-electron chi connectivity index (χ4n) is 2.77. The van der Waals surface area contributed by atoms with E-state index in [9.17, 15) is 9.90 Å². The number of carbonyl (C=O) groups is 1. The summed E-state index contributed by atoms with van der Waals surface area (Å²) in [5.74, 6) is 0.566. The van der Waals surface area contributed by atoms with E-state index in [1.165, 1.54) is 0 Å². The van der Waals surface area contributed by atoms with Crippen molar-refractivity contribution in [1.29, 1.82) is 0 Å². The van der Waals surface area contributed by atoms with Crippen LogP contribution in [0, 0.1) is 6.92 Å².